The van der Waals surface area contributed by atoms with E-state index in [4.69, 9.17) is 0 Å². The van der Waals surface area contributed by atoms with Gasteiger partial charge in [0.1, 0.15) is 0 Å². The summed E-state index contributed by atoms with van der Waals surface area (Å²) in [5.74, 6) is 0.117. The van der Waals surface area contributed by atoms with Crippen LogP contribution in [0.15, 0.2) is 41.2 Å². The van der Waals surface area contributed by atoms with E-state index in [0.29, 0.717) is 18.0 Å². The van der Waals surface area contributed by atoms with Crippen LogP contribution in [0.1, 0.15) is 35.2 Å². The number of aromatic nitrogens is 2. The summed E-state index contributed by atoms with van der Waals surface area (Å²) in [6, 6.07) is 8.32. The minimum atomic E-state index is 0.117. The first-order valence-electron chi connectivity index (χ1n) is 9.22. The quantitative estimate of drug-likeness (QED) is 0.744. The van der Waals surface area contributed by atoms with Crippen LogP contribution in [-0.2, 0) is 6.54 Å². The van der Waals surface area contributed by atoms with E-state index >= 15 is 0 Å². The molecule has 1 unspecified atom stereocenters. The first kappa shape index (κ1) is 16.0. The second-order valence-corrected chi connectivity index (χ2v) is 8.32. The molecular weight excluding hydrogens is 344 g/mol. The number of hydrogen-bond acceptors (Lipinski definition) is 4. The molecule has 1 saturated carbocycles. The van der Waals surface area contributed by atoms with Crippen molar-refractivity contribution in [1.82, 2.24) is 20.4 Å². The summed E-state index contributed by atoms with van der Waals surface area (Å²) in [5.41, 5.74) is 3.11. The fourth-order valence-electron chi connectivity index (χ4n) is 4.43. The van der Waals surface area contributed by atoms with E-state index in [1.54, 1.807) is 17.5 Å². The molecule has 2 fully saturated rings. The third-order valence-corrected chi connectivity index (χ3v) is 6.76. The number of amides is 1. The van der Waals surface area contributed by atoms with Gasteiger partial charge in [-0.15, -0.1) is 0 Å². The normalized spacial score (nSPS) is 21.2. The molecule has 1 saturated heterocycles. The standard InChI is InChI=1S/C20H22N4OS/c25-19(16-3-1-2-15-11-22-23-18(15)16)24(12-14-4-9-26-13-14)17-10-20(17)5-7-21-8-6-20/h1-4,9,11,13,17,21H,5-8,10,12H2,(H,22,23). The number of thiophene rings is 1. The van der Waals surface area contributed by atoms with Crippen LogP contribution in [0.3, 0.4) is 0 Å². The molecule has 26 heavy (non-hydrogen) atoms. The van der Waals surface area contributed by atoms with Crippen LogP contribution >= 0.6 is 11.3 Å². The molecular formula is C20H22N4OS. The maximum Gasteiger partial charge on any atom is 0.256 e. The Kier molecular flexibility index (Phi) is 3.83. The maximum absolute atomic E-state index is 13.6. The molecule has 1 atom stereocenters. The zero-order valence-corrected chi connectivity index (χ0v) is 15.4. The van der Waals surface area contributed by atoms with Crippen molar-refractivity contribution in [3.8, 4) is 0 Å². The largest absolute Gasteiger partial charge is 0.331 e. The molecule has 1 spiro atoms. The lowest BCUT2D eigenvalue weighted by molar-refractivity contribution is 0.0694. The Morgan fingerprint density at radius 2 is 2.19 bits per heavy atom. The summed E-state index contributed by atoms with van der Waals surface area (Å²) < 4.78 is 0. The van der Waals surface area contributed by atoms with E-state index in [1.807, 2.05) is 18.2 Å². The summed E-state index contributed by atoms with van der Waals surface area (Å²) >= 11 is 1.69. The molecule has 1 amide bonds. The van der Waals surface area contributed by atoms with Gasteiger partial charge in [0.25, 0.3) is 5.91 Å². The first-order chi connectivity index (χ1) is 12.8. The van der Waals surface area contributed by atoms with Gasteiger partial charge in [-0.1, -0.05) is 12.1 Å². The molecule has 2 aliphatic rings. The number of nitrogens with zero attached hydrogens (tertiary/aromatic N) is 2. The highest BCUT2D eigenvalue weighted by molar-refractivity contribution is 7.07. The minimum Gasteiger partial charge on any atom is -0.331 e. The molecule has 6 heteroatoms. The lowest BCUT2D eigenvalue weighted by Crippen LogP contribution is -2.39. The van der Waals surface area contributed by atoms with Gasteiger partial charge in [-0.25, -0.2) is 0 Å². The molecule has 5 nitrogen and oxygen atoms in total. The molecule has 3 aromatic rings. The predicted molar refractivity (Wildman–Crippen MR) is 103 cm³/mol. The van der Waals surface area contributed by atoms with Crippen molar-refractivity contribution in [1.29, 1.82) is 0 Å². The lowest BCUT2D eigenvalue weighted by Gasteiger charge is -2.29. The lowest BCUT2D eigenvalue weighted by atomic mass is 9.93. The van der Waals surface area contributed by atoms with Crippen molar-refractivity contribution < 1.29 is 4.79 Å². The van der Waals surface area contributed by atoms with Crippen LogP contribution in [0.4, 0.5) is 0 Å². The summed E-state index contributed by atoms with van der Waals surface area (Å²) in [6.45, 7) is 2.81. The van der Waals surface area contributed by atoms with Crippen molar-refractivity contribution >= 4 is 28.1 Å². The van der Waals surface area contributed by atoms with Gasteiger partial charge < -0.3 is 10.2 Å². The van der Waals surface area contributed by atoms with E-state index in [9.17, 15) is 4.79 Å². The maximum atomic E-state index is 13.6. The number of fused-ring (bicyclic) bond motifs is 1. The predicted octanol–water partition coefficient (Wildman–Crippen LogP) is 3.41. The van der Waals surface area contributed by atoms with E-state index in [2.05, 4.69) is 37.2 Å². The van der Waals surface area contributed by atoms with Gasteiger partial charge in [0.05, 0.1) is 17.3 Å². The number of piperidine rings is 1. The van der Waals surface area contributed by atoms with E-state index in [0.717, 1.165) is 36.0 Å². The number of benzene rings is 1. The molecule has 0 radical (unpaired) electrons. The van der Waals surface area contributed by atoms with Gasteiger partial charge >= 0.3 is 0 Å². The zero-order chi connectivity index (χ0) is 17.6. The Morgan fingerprint density at radius 3 is 3.00 bits per heavy atom. The average Bonchev–Trinajstić information content (AvgIpc) is 3.08. The van der Waals surface area contributed by atoms with Crippen molar-refractivity contribution in [2.45, 2.75) is 31.8 Å². The van der Waals surface area contributed by atoms with Gasteiger partial charge in [0.15, 0.2) is 0 Å². The fourth-order valence-corrected chi connectivity index (χ4v) is 5.09. The van der Waals surface area contributed by atoms with Crippen LogP contribution in [0.25, 0.3) is 10.9 Å². The van der Waals surface area contributed by atoms with Gasteiger partial charge in [0, 0.05) is 18.0 Å². The topological polar surface area (TPSA) is 61.0 Å². The Bertz CT molecular complexity index is 926. The molecule has 2 N–H and O–H groups in total. The molecule has 134 valence electrons. The van der Waals surface area contributed by atoms with Crippen molar-refractivity contribution in [2.75, 3.05) is 13.1 Å². The van der Waals surface area contributed by atoms with Crippen molar-refractivity contribution in [3.05, 3.63) is 52.3 Å². The second-order valence-electron chi connectivity index (χ2n) is 7.54. The first-order valence-corrected chi connectivity index (χ1v) is 10.2. The van der Waals surface area contributed by atoms with E-state index < -0.39 is 0 Å². The number of carbonyl (C=O) groups is 1. The second kappa shape index (κ2) is 6.21. The van der Waals surface area contributed by atoms with E-state index in [1.165, 1.54) is 18.4 Å². The number of para-hydroxylation sites is 1. The molecule has 2 aromatic heterocycles. The fraction of sp³-hybridized carbons (Fsp3) is 0.400. The SMILES string of the molecule is O=C(c1cccc2cn[nH]c12)N(Cc1ccsc1)C1CC12CCNCC2. The Balaban J connectivity index is 1.49. The molecule has 0 bridgehead atoms. The number of nitrogens with one attached hydrogen (secondary N) is 2. The van der Waals surface area contributed by atoms with Crippen LogP contribution in [0.2, 0.25) is 0 Å². The molecule has 1 aliphatic heterocycles. The average molecular weight is 366 g/mol. The minimum absolute atomic E-state index is 0.117. The number of carbonyl (C=O) groups excluding carboxylic acids is 1. The highest BCUT2D eigenvalue weighted by atomic mass is 32.1. The Hall–Kier alpha value is -2.18. The number of hydrogen-bond donors (Lipinski definition) is 2. The van der Waals surface area contributed by atoms with Crippen LogP contribution in [-0.4, -0.2) is 40.1 Å². The summed E-state index contributed by atoms with van der Waals surface area (Å²) in [4.78, 5) is 15.7. The number of aromatic amines is 1. The monoisotopic (exact) mass is 366 g/mol. The highest BCUT2D eigenvalue weighted by Crippen LogP contribution is 2.56. The van der Waals surface area contributed by atoms with Gasteiger partial charge in [-0.3, -0.25) is 9.89 Å². The Labute approximate surface area is 156 Å². The highest BCUT2D eigenvalue weighted by Gasteiger charge is 2.57. The van der Waals surface area contributed by atoms with Gasteiger partial charge in [-0.2, -0.15) is 16.4 Å². The van der Waals surface area contributed by atoms with Gasteiger partial charge in [-0.05, 0) is 66.2 Å². The zero-order valence-electron chi connectivity index (χ0n) is 14.6. The summed E-state index contributed by atoms with van der Waals surface area (Å²) in [5, 5.41) is 15.8. The third-order valence-electron chi connectivity index (χ3n) is 6.02. The molecule has 5 rings (SSSR count). The number of rotatable bonds is 4. The summed E-state index contributed by atoms with van der Waals surface area (Å²) in [7, 11) is 0. The van der Waals surface area contributed by atoms with Crippen molar-refractivity contribution in [2.24, 2.45) is 5.41 Å². The smallest absolute Gasteiger partial charge is 0.256 e. The Morgan fingerprint density at radius 1 is 1.31 bits per heavy atom. The van der Waals surface area contributed by atoms with Crippen molar-refractivity contribution in [3.63, 3.8) is 0 Å². The van der Waals surface area contributed by atoms with Crippen LogP contribution in [0.5, 0.6) is 0 Å². The van der Waals surface area contributed by atoms with Crippen LogP contribution < -0.4 is 5.32 Å². The number of H-pyrrole nitrogens is 1. The van der Waals surface area contributed by atoms with Crippen LogP contribution in [0, 0.1) is 5.41 Å². The molecule has 3 heterocycles. The van der Waals surface area contributed by atoms with Gasteiger partial charge in [0.2, 0.25) is 0 Å². The molecule has 1 aliphatic carbocycles. The molecule has 1 aromatic carbocycles. The third kappa shape index (κ3) is 2.64. The van der Waals surface area contributed by atoms with E-state index in [-0.39, 0.29) is 5.91 Å². The summed E-state index contributed by atoms with van der Waals surface area (Å²) in [6.07, 6.45) is 5.24.